The van der Waals surface area contributed by atoms with Crippen molar-refractivity contribution < 1.29 is 22.5 Å². The van der Waals surface area contributed by atoms with Gasteiger partial charge >= 0.3 is 19.0 Å². The highest BCUT2D eigenvalue weighted by molar-refractivity contribution is 6.62. The minimum atomic E-state index is -4.52. The molecule has 118 valence electrons. The third kappa shape index (κ3) is 2.16. The number of benzene rings is 1. The fraction of sp³-hybridized carbons (Fsp3) is 0.571. The second kappa shape index (κ2) is 4.32. The molecule has 8 heteroatoms. The number of nitrogens with zero attached hydrogens (tertiary/aromatic N) is 2. The van der Waals surface area contributed by atoms with Crippen LogP contribution in [0.15, 0.2) is 34.5 Å². The number of alkyl halides is 3. The third-order valence-corrected chi connectivity index (χ3v) is 4.53. The van der Waals surface area contributed by atoms with Crippen LogP contribution in [0, 0.1) is 0 Å². The molecule has 22 heavy (non-hydrogen) atoms. The van der Waals surface area contributed by atoms with Gasteiger partial charge in [-0.1, -0.05) is 24.3 Å². The second-order valence-corrected chi connectivity index (χ2v) is 6.58. The molecule has 1 fully saturated rings. The van der Waals surface area contributed by atoms with E-state index < -0.39 is 30.2 Å². The van der Waals surface area contributed by atoms with Crippen LogP contribution < -0.4 is 5.46 Å². The zero-order valence-electron chi connectivity index (χ0n) is 12.7. The Kier molecular flexibility index (Phi) is 3.04. The molecular weight excluding hydrogens is 296 g/mol. The van der Waals surface area contributed by atoms with Gasteiger partial charge in [0.25, 0.3) is 0 Å². The SMILES string of the molecule is CC1(C)OB(c2ccc(C3(C(F)(F)F)N=N3)cc2)OC1(C)C. The fourth-order valence-corrected chi connectivity index (χ4v) is 2.29. The summed E-state index contributed by atoms with van der Waals surface area (Å²) in [5, 5.41) is 6.37. The van der Waals surface area contributed by atoms with Crippen LogP contribution in [0.3, 0.4) is 0 Å². The van der Waals surface area contributed by atoms with Crippen LogP contribution >= 0.6 is 0 Å². The van der Waals surface area contributed by atoms with E-state index in [1.165, 1.54) is 12.1 Å². The molecule has 0 saturated carbocycles. The van der Waals surface area contributed by atoms with Gasteiger partial charge in [-0.25, -0.2) is 0 Å². The molecule has 0 amide bonds. The lowest BCUT2D eigenvalue weighted by Crippen LogP contribution is -2.41. The molecule has 2 heterocycles. The zero-order chi connectivity index (χ0) is 16.4. The van der Waals surface area contributed by atoms with E-state index in [0.29, 0.717) is 5.46 Å². The lowest BCUT2D eigenvalue weighted by atomic mass is 9.78. The van der Waals surface area contributed by atoms with Crippen LogP contribution in [-0.2, 0) is 15.0 Å². The quantitative estimate of drug-likeness (QED) is 0.787. The van der Waals surface area contributed by atoms with Crippen molar-refractivity contribution in [2.45, 2.75) is 50.7 Å². The van der Waals surface area contributed by atoms with Gasteiger partial charge in [0, 0.05) is 5.56 Å². The van der Waals surface area contributed by atoms with Crippen molar-refractivity contribution in [1.82, 2.24) is 0 Å². The monoisotopic (exact) mass is 312 g/mol. The maximum Gasteiger partial charge on any atom is 0.494 e. The van der Waals surface area contributed by atoms with Crippen LogP contribution in [0.2, 0.25) is 0 Å². The first-order chi connectivity index (χ1) is 9.99. The summed E-state index contributed by atoms with van der Waals surface area (Å²) in [4.78, 5) is 0. The highest BCUT2D eigenvalue weighted by Gasteiger charge is 2.65. The van der Waals surface area contributed by atoms with Gasteiger partial charge in [-0.05, 0) is 33.2 Å². The summed E-state index contributed by atoms with van der Waals surface area (Å²) in [6.45, 7) is 7.67. The normalized spacial score (nSPS) is 24.6. The number of hydrogen-bond acceptors (Lipinski definition) is 4. The molecule has 2 aliphatic rings. The Hall–Kier alpha value is -1.41. The zero-order valence-corrected chi connectivity index (χ0v) is 12.7. The topological polar surface area (TPSA) is 43.2 Å². The van der Waals surface area contributed by atoms with Crippen molar-refractivity contribution in [3.05, 3.63) is 29.8 Å². The van der Waals surface area contributed by atoms with Crippen molar-refractivity contribution in [2.24, 2.45) is 10.2 Å². The molecule has 0 aliphatic carbocycles. The summed E-state index contributed by atoms with van der Waals surface area (Å²) in [5.74, 6) is 0. The first-order valence-corrected chi connectivity index (χ1v) is 6.95. The summed E-state index contributed by atoms with van der Waals surface area (Å²) in [5.41, 5.74) is -2.71. The molecule has 4 nitrogen and oxygen atoms in total. The lowest BCUT2D eigenvalue weighted by molar-refractivity contribution is -0.166. The Bertz CT molecular complexity index is 604. The predicted molar refractivity (Wildman–Crippen MR) is 74.7 cm³/mol. The van der Waals surface area contributed by atoms with Crippen LogP contribution in [0.4, 0.5) is 13.2 Å². The second-order valence-electron chi connectivity index (χ2n) is 6.58. The van der Waals surface area contributed by atoms with Gasteiger partial charge in [0.1, 0.15) is 0 Å². The molecular formula is C14H16BF3N2O2. The van der Waals surface area contributed by atoms with Crippen LogP contribution in [0.1, 0.15) is 33.3 Å². The number of rotatable bonds is 2. The summed E-state index contributed by atoms with van der Waals surface area (Å²) < 4.78 is 50.6. The standard InChI is InChI=1S/C14H16BF3N2O2/c1-11(2)12(3,4)22-15(21-11)10-7-5-9(6-8-10)13(19-20-13)14(16,17)18/h5-8H,1-4H3. The highest BCUT2D eigenvalue weighted by Crippen LogP contribution is 2.52. The Balaban J connectivity index is 1.82. The van der Waals surface area contributed by atoms with E-state index in [9.17, 15) is 13.2 Å². The van der Waals surface area contributed by atoms with Gasteiger partial charge in [0.15, 0.2) is 0 Å². The Morgan fingerprint density at radius 2 is 1.36 bits per heavy atom. The van der Waals surface area contributed by atoms with E-state index in [-0.39, 0.29) is 5.56 Å². The molecule has 0 atom stereocenters. The summed E-state index contributed by atoms with van der Waals surface area (Å²) in [6, 6.07) is 5.87. The van der Waals surface area contributed by atoms with E-state index in [0.717, 1.165) is 0 Å². The Morgan fingerprint density at radius 1 is 0.909 bits per heavy atom. The van der Waals surface area contributed by atoms with E-state index >= 15 is 0 Å². The van der Waals surface area contributed by atoms with Crippen molar-refractivity contribution in [1.29, 1.82) is 0 Å². The molecule has 0 N–H and O–H groups in total. The highest BCUT2D eigenvalue weighted by atomic mass is 19.4. The van der Waals surface area contributed by atoms with Gasteiger partial charge in [-0.2, -0.15) is 13.2 Å². The average Bonchev–Trinajstić information content (AvgIpc) is 3.14. The summed E-state index contributed by atoms with van der Waals surface area (Å²) in [6.07, 6.45) is -4.52. The molecule has 0 aromatic heterocycles. The van der Waals surface area contributed by atoms with E-state index in [1.807, 2.05) is 27.7 Å². The first-order valence-electron chi connectivity index (χ1n) is 6.95. The minimum Gasteiger partial charge on any atom is -0.399 e. The van der Waals surface area contributed by atoms with Crippen molar-refractivity contribution in [3.63, 3.8) is 0 Å². The van der Waals surface area contributed by atoms with Gasteiger partial charge < -0.3 is 9.31 Å². The van der Waals surface area contributed by atoms with E-state index in [1.54, 1.807) is 12.1 Å². The van der Waals surface area contributed by atoms with Crippen LogP contribution in [-0.4, -0.2) is 24.5 Å². The predicted octanol–water partition coefficient (Wildman–Crippen LogP) is 3.17. The van der Waals surface area contributed by atoms with Crippen molar-refractivity contribution in [3.8, 4) is 0 Å². The Morgan fingerprint density at radius 3 is 1.73 bits per heavy atom. The fourth-order valence-electron chi connectivity index (χ4n) is 2.29. The molecule has 0 spiro atoms. The molecule has 1 aromatic carbocycles. The summed E-state index contributed by atoms with van der Waals surface area (Å²) >= 11 is 0. The smallest absolute Gasteiger partial charge is 0.399 e. The Labute approximate surface area is 126 Å². The average molecular weight is 312 g/mol. The minimum absolute atomic E-state index is 0.000248. The molecule has 0 unspecified atom stereocenters. The molecule has 0 radical (unpaired) electrons. The third-order valence-electron chi connectivity index (χ3n) is 4.53. The molecule has 1 saturated heterocycles. The van der Waals surface area contributed by atoms with E-state index in [2.05, 4.69) is 10.2 Å². The summed E-state index contributed by atoms with van der Waals surface area (Å²) in [7, 11) is -0.603. The molecule has 1 aromatic rings. The number of halogens is 3. The largest absolute Gasteiger partial charge is 0.494 e. The van der Waals surface area contributed by atoms with Crippen molar-refractivity contribution in [2.75, 3.05) is 0 Å². The molecule has 0 bridgehead atoms. The molecule has 3 rings (SSSR count). The first kappa shape index (κ1) is 15.5. The molecule has 2 aliphatic heterocycles. The van der Waals surface area contributed by atoms with Crippen molar-refractivity contribution >= 4 is 12.6 Å². The maximum atomic E-state index is 12.9. The lowest BCUT2D eigenvalue weighted by Gasteiger charge is -2.32. The van der Waals surface area contributed by atoms with Gasteiger partial charge in [0.2, 0.25) is 0 Å². The van der Waals surface area contributed by atoms with Crippen LogP contribution in [0.25, 0.3) is 0 Å². The van der Waals surface area contributed by atoms with Gasteiger partial charge in [0.05, 0.1) is 11.2 Å². The number of hydrogen-bond donors (Lipinski definition) is 0. The van der Waals surface area contributed by atoms with Gasteiger partial charge in [-0.15, -0.1) is 10.2 Å². The van der Waals surface area contributed by atoms with E-state index in [4.69, 9.17) is 9.31 Å². The maximum absolute atomic E-state index is 12.9. The van der Waals surface area contributed by atoms with Gasteiger partial charge in [-0.3, -0.25) is 0 Å². The van der Waals surface area contributed by atoms with Crippen LogP contribution in [0.5, 0.6) is 0 Å².